The van der Waals surface area contributed by atoms with Crippen LogP contribution < -0.4 is 10.1 Å². The van der Waals surface area contributed by atoms with Crippen molar-refractivity contribution in [2.45, 2.75) is 19.4 Å². The molecule has 1 aliphatic rings. The molecule has 1 aliphatic heterocycles. The van der Waals surface area contributed by atoms with Crippen molar-refractivity contribution in [2.75, 3.05) is 12.4 Å². The Morgan fingerprint density at radius 3 is 2.73 bits per heavy atom. The van der Waals surface area contributed by atoms with Gasteiger partial charge in [-0.05, 0) is 30.7 Å². The Labute approximate surface area is 151 Å². The molecule has 1 N–H and O–H groups in total. The summed E-state index contributed by atoms with van der Waals surface area (Å²) in [6, 6.07) is 16.0. The number of fused-ring (bicyclic) bond motifs is 1. The van der Waals surface area contributed by atoms with Gasteiger partial charge in [0.05, 0.1) is 24.4 Å². The number of hydrogen-bond acceptors (Lipinski definition) is 6. The highest BCUT2D eigenvalue weighted by atomic mass is 16.5. The number of guanidine groups is 1. The van der Waals surface area contributed by atoms with Crippen molar-refractivity contribution in [2.24, 2.45) is 9.98 Å². The van der Waals surface area contributed by atoms with Crippen LogP contribution in [0.5, 0.6) is 5.75 Å². The Bertz CT molecular complexity index is 998. The largest absolute Gasteiger partial charge is 0.497 e. The molecule has 2 aromatic carbocycles. The number of nitrogens with zero attached hydrogens (tertiary/aromatic N) is 4. The number of methoxy groups -OCH3 is 1. The fourth-order valence-electron chi connectivity index (χ4n) is 2.97. The van der Waals surface area contributed by atoms with Crippen molar-refractivity contribution in [3.05, 3.63) is 59.8 Å². The second kappa shape index (κ2) is 6.92. The zero-order chi connectivity index (χ0) is 17.9. The van der Waals surface area contributed by atoms with Crippen LogP contribution in [-0.4, -0.2) is 29.3 Å². The molecule has 0 radical (unpaired) electrons. The molecule has 2 heterocycles. The molecule has 0 saturated heterocycles. The van der Waals surface area contributed by atoms with E-state index in [2.05, 4.69) is 32.4 Å². The lowest BCUT2D eigenvalue weighted by Gasteiger charge is -2.16. The molecule has 26 heavy (non-hydrogen) atoms. The lowest BCUT2D eigenvalue weighted by molar-refractivity contribution is 0.415. The summed E-state index contributed by atoms with van der Waals surface area (Å²) in [6.45, 7) is 1.95. The predicted octanol–water partition coefficient (Wildman–Crippen LogP) is 3.93. The first kappa shape index (κ1) is 16.2. The van der Waals surface area contributed by atoms with E-state index in [4.69, 9.17) is 9.73 Å². The molecule has 0 aliphatic carbocycles. The van der Waals surface area contributed by atoms with E-state index in [-0.39, 0.29) is 6.04 Å². The summed E-state index contributed by atoms with van der Waals surface area (Å²) in [4.78, 5) is 18.2. The van der Waals surface area contributed by atoms with Crippen LogP contribution in [0.4, 0.5) is 5.95 Å². The lowest BCUT2D eigenvalue weighted by Crippen LogP contribution is -2.17. The summed E-state index contributed by atoms with van der Waals surface area (Å²) in [6.07, 6.45) is 2.67. The summed E-state index contributed by atoms with van der Waals surface area (Å²) in [7, 11) is 1.65. The van der Waals surface area contributed by atoms with Gasteiger partial charge in [-0.3, -0.25) is 5.32 Å². The predicted molar refractivity (Wildman–Crippen MR) is 104 cm³/mol. The number of aromatic nitrogens is 2. The van der Waals surface area contributed by atoms with Gasteiger partial charge in [0, 0.05) is 18.0 Å². The smallest absolute Gasteiger partial charge is 0.230 e. The maximum absolute atomic E-state index is 5.27. The van der Waals surface area contributed by atoms with E-state index in [9.17, 15) is 0 Å². The van der Waals surface area contributed by atoms with Gasteiger partial charge in [0.1, 0.15) is 5.75 Å². The Kier molecular flexibility index (Phi) is 4.31. The number of rotatable bonds is 3. The topological polar surface area (TPSA) is 71.8 Å². The first-order valence-electron chi connectivity index (χ1n) is 8.47. The van der Waals surface area contributed by atoms with Crippen molar-refractivity contribution >= 4 is 29.0 Å². The number of aryl methyl sites for hydroxylation is 1. The van der Waals surface area contributed by atoms with Crippen molar-refractivity contribution in [3.8, 4) is 5.75 Å². The maximum atomic E-state index is 5.27. The van der Waals surface area contributed by atoms with Crippen LogP contribution >= 0.6 is 0 Å². The highest BCUT2D eigenvalue weighted by Crippen LogP contribution is 2.24. The SMILES string of the molecule is COc1ccc2nc(NC3=N[C@@H](c4ccccc4)CC=N3)nc(C)c2c1. The van der Waals surface area contributed by atoms with E-state index in [1.54, 1.807) is 7.11 Å². The second-order valence-electron chi connectivity index (χ2n) is 6.07. The van der Waals surface area contributed by atoms with E-state index >= 15 is 0 Å². The number of nitrogens with one attached hydrogen (secondary N) is 1. The third-order valence-electron chi connectivity index (χ3n) is 4.32. The summed E-state index contributed by atoms with van der Waals surface area (Å²) in [5, 5.41) is 4.10. The van der Waals surface area contributed by atoms with Gasteiger partial charge in [-0.15, -0.1) is 0 Å². The molecule has 6 nitrogen and oxygen atoms in total. The molecule has 0 saturated carbocycles. The quantitative estimate of drug-likeness (QED) is 0.781. The number of benzene rings is 2. The van der Waals surface area contributed by atoms with Crippen LogP contribution in [-0.2, 0) is 0 Å². The van der Waals surface area contributed by atoms with Gasteiger partial charge in [-0.2, -0.15) is 0 Å². The van der Waals surface area contributed by atoms with Crippen LogP contribution in [0, 0.1) is 6.92 Å². The molecule has 0 unspecified atom stereocenters. The molecule has 0 bridgehead atoms. The van der Waals surface area contributed by atoms with Gasteiger partial charge in [0.25, 0.3) is 0 Å². The minimum Gasteiger partial charge on any atom is -0.497 e. The first-order valence-corrected chi connectivity index (χ1v) is 8.47. The minimum atomic E-state index is 0.0574. The van der Waals surface area contributed by atoms with Crippen molar-refractivity contribution < 1.29 is 4.74 Å². The normalized spacial score (nSPS) is 16.4. The average molecular weight is 345 g/mol. The Balaban J connectivity index is 1.62. The van der Waals surface area contributed by atoms with Crippen LogP contribution in [0.3, 0.4) is 0 Å². The Hall–Kier alpha value is -3.28. The van der Waals surface area contributed by atoms with Crippen LogP contribution in [0.2, 0.25) is 0 Å². The van der Waals surface area contributed by atoms with E-state index in [0.717, 1.165) is 28.8 Å². The maximum Gasteiger partial charge on any atom is 0.230 e. The van der Waals surface area contributed by atoms with Gasteiger partial charge in [-0.1, -0.05) is 30.3 Å². The minimum absolute atomic E-state index is 0.0574. The number of hydrogen-bond donors (Lipinski definition) is 1. The van der Waals surface area contributed by atoms with Gasteiger partial charge >= 0.3 is 0 Å². The van der Waals surface area contributed by atoms with Gasteiger partial charge in [-0.25, -0.2) is 20.0 Å². The Morgan fingerprint density at radius 2 is 1.92 bits per heavy atom. The molecule has 130 valence electrons. The standard InChI is InChI=1S/C20H19N5O/c1-13-16-12-15(26-2)8-9-18(16)24-20(22-13)25-19-21-11-10-17(23-19)14-6-4-3-5-7-14/h3-9,11-12,17H,10H2,1-2H3,(H,22,23,24,25)/t17-/m1/s1. The van der Waals surface area contributed by atoms with Gasteiger partial charge in [0.2, 0.25) is 11.9 Å². The molecule has 0 fully saturated rings. The third kappa shape index (κ3) is 3.26. The van der Waals surface area contributed by atoms with E-state index in [0.29, 0.717) is 11.9 Å². The van der Waals surface area contributed by atoms with E-state index in [1.807, 2.05) is 49.5 Å². The second-order valence-corrected chi connectivity index (χ2v) is 6.07. The molecule has 1 atom stereocenters. The van der Waals surface area contributed by atoms with Crippen LogP contribution in [0.25, 0.3) is 10.9 Å². The van der Waals surface area contributed by atoms with E-state index in [1.165, 1.54) is 5.56 Å². The molecule has 4 rings (SSSR count). The average Bonchev–Trinajstić information content (AvgIpc) is 2.69. The lowest BCUT2D eigenvalue weighted by atomic mass is 10.0. The molecule has 6 heteroatoms. The highest BCUT2D eigenvalue weighted by Gasteiger charge is 2.15. The first-order chi connectivity index (χ1) is 12.7. The zero-order valence-electron chi connectivity index (χ0n) is 14.7. The number of aliphatic imine (C=N–C) groups is 2. The summed E-state index contributed by atoms with van der Waals surface area (Å²) in [5.41, 5.74) is 2.89. The summed E-state index contributed by atoms with van der Waals surface area (Å²) >= 11 is 0. The van der Waals surface area contributed by atoms with Crippen molar-refractivity contribution in [3.63, 3.8) is 0 Å². The molecular weight excluding hydrogens is 326 g/mol. The number of ether oxygens (including phenoxy) is 1. The monoisotopic (exact) mass is 345 g/mol. The molecule has 1 aromatic heterocycles. The molecule has 0 spiro atoms. The fourth-order valence-corrected chi connectivity index (χ4v) is 2.97. The molecular formula is C20H19N5O. The fraction of sp³-hybridized carbons (Fsp3) is 0.200. The van der Waals surface area contributed by atoms with E-state index < -0.39 is 0 Å². The zero-order valence-corrected chi connectivity index (χ0v) is 14.7. The van der Waals surface area contributed by atoms with Crippen LogP contribution in [0.1, 0.15) is 23.7 Å². The van der Waals surface area contributed by atoms with Gasteiger partial charge < -0.3 is 4.74 Å². The third-order valence-corrected chi connectivity index (χ3v) is 4.32. The van der Waals surface area contributed by atoms with Gasteiger partial charge in [0.15, 0.2) is 0 Å². The summed E-state index contributed by atoms with van der Waals surface area (Å²) in [5.74, 6) is 1.80. The number of anilines is 1. The van der Waals surface area contributed by atoms with Crippen molar-refractivity contribution in [1.82, 2.24) is 9.97 Å². The molecule has 3 aromatic rings. The Morgan fingerprint density at radius 1 is 1.08 bits per heavy atom. The highest BCUT2D eigenvalue weighted by molar-refractivity contribution is 5.99. The molecule has 0 amide bonds. The van der Waals surface area contributed by atoms with Crippen LogP contribution in [0.15, 0.2) is 58.5 Å². The summed E-state index contributed by atoms with van der Waals surface area (Å²) < 4.78 is 5.27. The van der Waals surface area contributed by atoms with Crippen molar-refractivity contribution in [1.29, 1.82) is 0 Å².